The van der Waals surface area contributed by atoms with Crippen LogP contribution in [0.2, 0.25) is 0 Å². The monoisotopic (exact) mass is 412 g/mol. The molecule has 0 fully saturated rings. The normalized spacial score (nSPS) is 11.1. The Morgan fingerprint density at radius 2 is 0.786 bits per heavy atom. The molecule has 0 aliphatic rings. The molecule has 0 aromatic rings. The molecule has 0 aromatic carbocycles. The summed E-state index contributed by atoms with van der Waals surface area (Å²) in [6, 6.07) is 0. The lowest BCUT2D eigenvalue weighted by Gasteiger charge is -2.08. The van der Waals surface area contributed by atoms with E-state index in [0.29, 0.717) is 0 Å². The van der Waals surface area contributed by atoms with E-state index in [9.17, 15) is 0 Å². The van der Waals surface area contributed by atoms with E-state index in [2.05, 4.69) is 13.8 Å². The second-order valence-corrected chi connectivity index (χ2v) is 9.14. The van der Waals surface area contributed by atoms with Gasteiger partial charge in [0.25, 0.3) is 0 Å². The van der Waals surface area contributed by atoms with Crippen LogP contribution in [0, 0.1) is 0 Å². The number of hydrogen-bond acceptors (Lipinski definition) is 2. The molecule has 0 unspecified atom stereocenters. The van der Waals surface area contributed by atoms with Crippen LogP contribution < -0.4 is 0 Å². The van der Waals surface area contributed by atoms with Crippen molar-refractivity contribution in [2.75, 3.05) is 6.61 Å². The van der Waals surface area contributed by atoms with Crippen molar-refractivity contribution in [2.45, 2.75) is 155 Å². The van der Waals surface area contributed by atoms with Gasteiger partial charge in [0.05, 0.1) is 6.61 Å². The topological polar surface area (TPSA) is 9.23 Å². The van der Waals surface area contributed by atoms with Crippen molar-refractivity contribution in [3.63, 3.8) is 0 Å². The van der Waals surface area contributed by atoms with Crippen molar-refractivity contribution in [2.24, 2.45) is 0 Å². The molecular weight excluding hydrogens is 360 g/mol. The molecule has 0 aliphatic heterocycles. The highest BCUT2D eigenvalue weighted by molar-refractivity contribution is 7.80. The maximum absolute atomic E-state index is 5.74. The van der Waals surface area contributed by atoms with Gasteiger partial charge in [0, 0.05) is 6.42 Å². The fourth-order valence-corrected chi connectivity index (χ4v) is 4.01. The lowest BCUT2D eigenvalue weighted by atomic mass is 10.1. The van der Waals surface area contributed by atoms with Crippen LogP contribution >= 0.6 is 12.2 Å². The Labute approximate surface area is 183 Å². The summed E-state index contributed by atoms with van der Waals surface area (Å²) in [5.74, 6) is 0. The molecule has 0 saturated carbocycles. The smallest absolute Gasteiger partial charge is 0.159 e. The van der Waals surface area contributed by atoms with Gasteiger partial charge >= 0.3 is 0 Å². The highest BCUT2D eigenvalue weighted by atomic mass is 32.1. The molecule has 0 heterocycles. The largest absolute Gasteiger partial charge is 0.487 e. The third kappa shape index (κ3) is 23.9. The molecule has 0 bridgehead atoms. The Morgan fingerprint density at radius 3 is 1.18 bits per heavy atom. The Kier molecular flexibility index (Phi) is 24.8. The molecule has 1 nitrogen and oxygen atoms in total. The molecule has 0 atom stereocenters. The van der Waals surface area contributed by atoms with E-state index in [0.717, 1.165) is 18.1 Å². The Hall–Kier alpha value is -0.110. The summed E-state index contributed by atoms with van der Waals surface area (Å²) in [6.07, 6.45) is 30.0. The lowest BCUT2D eigenvalue weighted by Crippen LogP contribution is -2.03. The molecule has 28 heavy (non-hydrogen) atoms. The van der Waals surface area contributed by atoms with Crippen molar-refractivity contribution in [3.05, 3.63) is 0 Å². The van der Waals surface area contributed by atoms with Crippen LogP contribution in [0.5, 0.6) is 0 Å². The third-order valence-electron chi connectivity index (χ3n) is 5.75. The number of thiocarbonyl (C=S) groups is 1. The summed E-state index contributed by atoms with van der Waals surface area (Å²) in [5, 5.41) is 0.853. The summed E-state index contributed by atoms with van der Waals surface area (Å²) >= 11 is 5.37. The fourth-order valence-electron chi connectivity index (χ4n) is 3.78. The summed E-state index contributed by atoms with van der Waals surface area (Å²) in [5.41, 5.74) is 0. The van der Waals surface area contributed by atoms with Crippen molar-refractivity contribution in [3.8, 4) is 0 Å². The van der Waals surface area contributed by atoms with E-state index in [1.807, 2.05) is 0 Å². The van der Waals surface area contributed by atoms with Gasteiger partial charge in [-0.1, -0.05) is 136 Å². The van der Waals surface area contributed by atoms with Gasteiger partial charge in [0.1, 0.15) is 0 Å². The second-order valence-electron chi connectivity index (χ2n) is 8.69. The molecule has 0 aliphatic carbocycles. The zero-order chi connectivity index (χ0) is 20.5. The molecule has 0 aromatic heterocycles. The molecule has 0 N–H and O–H groups in total. The second kappa shape index (κ2) is 24.9. The first-order valence-corrected chi connectivity index (χ1v) is 13.4. The van der Waals surface area contributed by atoms with Crippen LogP contribution in [0.3, 0.4) is 0 Å². The van der Waals surface area contributed by atoms with Gasteiger partial charge in [0.2, 0.25) is 0 Å². The van der Waals surface area contributed by atoms with Gasteiger partial charge in [-0.3, -0.25) is 0 Å². The summed E-state index contributed by atoms with van der Waals surface area (Å²) in [7, 11) is 0. The maximum Gasteiger partial charge on any atom is 0.159 e. The highest BCUT2D eigenvalue weighted by Crippen LogP contribution is 2.13. The van der Waals surface area contributed by atoms with Crippen molar-refractivity contribution < 1.29 is 4.74 Å². The number of rotatable bonds is 23. The average Bonchev–Trinajstić information content (AvgIpc) is 2.70. The number of unbranched alkanes of at least 4 members (excludes halogenated alkanes) is 19. The quantitative estimate of drug-likeness (QED) is 0.122. The van der Waals surface area contributed by atoms with Gasteiger partial charge in [-0.15, -0.1) is 0 Å². The number of hydrogen-bond donors (Lipinski definition) is 0. The van der Waals surface area contributed by atoms with Gasteiger partial charge in [0.15, 0.2) is 5.05 Å². The summed E-state index contributed by atoms with van der Waals surface area (Å²) < 4.78 is 5.74. The Morgan fingerprint density at radius 1 is 0.464 bits per heavy atom. The van der Waals surface area contributed by atoms with Crippen molar-refractivity contribution in [1.29, 1.82) is 0 Å². The van der Waals surface area contributed by atoms with E-state index in [4.69, 9.17) is 17.0 Å². The minimum absolute atomic E-state index is 0.841. The first kappa shape index (κ1) is 27.9. The van der Waals surface area contributed by atoms with Crippen LogP contribution in [0.1, 0.15) is 155 Å². The zero-order valence-corrected chi connectivity index (χ0v) is 20.4. The van der Waals surface area contributed by atoms with Crippen LogP contribution in [0.4, 0.5) is 0 Å². The number of ether oxygens (including phenoxy) is 1. The highest BCUT2D eigenvalue weighted by Gasteiger charge is 1.99. The van der Waals surface area contributed by atoms with Crippen LogP contribution in [-0.4, -0.2) is 11.7 Å². The SMILES string of the molecule is CCCCCCCCCCCCCCOC(=S)CCCCCCCCCCC. The molecular formula is C26H52OS. The van der Waals surface area contributed by atoms with Crippen molar-refractivity contribution >= 4 is 17.3 Å². The van der Waals surface area contributed by atoms with E-state index < -0.39 is 0 Å². The molecule has 168 valence electrons. The molecule has 0 spiro atoms. The molecule has 2 heteroatoms. The van der Waals surface area contributed by atoms with Crippen LogP contribution in [-0.2, 0) is 4.74 Å². The third-order valence-corrected chi connectivity index (χ3v) is 6.07. The van der Waals surface area contributed by atoms with Gasteiger partial charge < -0.3 is 4.74 Å². The molecule has 0 rings (SSSR count). The van der Waals surface area contributed by atoms with Crippen molar-refractivity contribution in [1.82, 2.24) is 0 Å². The summed E-state index contributed by atoms with van der Waals surface area (Å²) in [4.78, 5) is 0. The van der Waals surface area contributed by atoms with E-state index in [-0.39, 0.29) is 0 Å². The lowest BCUT2D eigenvalue weighted by molar-refractivity contribution is 0.290. The molecule has 0 amide bonds. The average molecular weight is 413 g/mol. The predicted octanol–water partition coefficient (Wildman–Crippen LogP) is 9.95. The molecule has 0 radical (unpaired) electrons. The van der Waals surface area contributed by atoms with E-state index in [1.54, 1.807) is 0 Å². The standard InChI is InChI=1S/C26H52OS/c1-3-5-7-9-11-13-14-15-17-19-21-23-25-27-26(28)24-22-20-18-16-12-10-8-6-4-2/h3-25H2,1-2H3. The van der Waals surface area contributed by atoms with Gasteiger partial charge in [-0.2, -0.15) is 0 Å². The van der Waals surface area contributed by atoms with E-state index >= 15 is 0 Å². The minimum atomic E-state index is 0.841. The van der Waals surface area contributed by atoms with E-state index in [1.165, 1.54) is 135 Å². The fraction of sp³-hybridized carbons (Fsp3) is 0.962. The minimum Gasteiger partial charge on any atom is -0.487 e. The first-order chi connectivity index (χ1) is 13.8. The molecule has 0 saturated heterocycles. The first-order valence-electron chi connectivity index (χ1n) is 13.0. The van der Waals surface area contributed by atoms with Crippen LogP contribution in [0.15, 0.2) is 0 Å². The Bertz CT molecular complexity index is 303. The zero-order valence-electron chi connectivity index (χ0n) is 19.6. The van der Waals surface area contributed by atoms with Gasteiger partial charge in [-0.05, 0) is 25.1 Å². The van der Waals surface area contributed by atoms with Gasteiger partial charge in [-0.25, -0.2) is 0 Å². The maximum atomic E-state index is 5.74. The summed E-state index contributed by atoms with van der Waals surface area (Å²) in [6.45, 7) is 5.41. The predicted molar refractivity (Wildman–Crippen MR) is 131 cm³/mol. The van der Waals surface area contributed by atoms with Crippen LogP contribution in [0.25, 0.3) is 0 Å². The Balaban J connectivity index is 3.13.